The molecule has 1 aromatic carbocycles. The SMILES string of the molecule is Fc1ccc(-c2cncc(Cl)n2)cc1Cl. The van der Waals surface area contributed by atoms with Crippen LogP contribution in [-0.4, -0.2) is 9.97 Å². The molecule has 2 aromatic rings. The molecule has 0 unspecified atom stereocenters. The molecule has 0 saturated heterocycles. The summed E-state index contributed by atoms with van der Waals surface area (Å²) < 4.78 is 12.9. The van der Waals surface area contributed by atoms with E-state index in [0.717, 1.165) is 0 Å². The van der Waals surface area contributed by atoms with Crippen molar-refractivity contribution in [2.45, 2.75) is 0 Å². The number of hydrogen-bond donors (Lipinski definition) is 0. The van der Waals surface area contributed by atoms with E-state index >= 15 is 0 Å². The zero-order valence-corrected chi connectivity index (χ0v) is 8.93. The molecule has 0 aliphatic carbocycles. The van der Waals surface area contributed by atoms with E-state index in [2.05, 4.69) is 9.97 Å². The van der Waals surface area contributed by atoms with Gasteiger partial charge >= 0.3 is 0 Å². The maximum atomic E-state index is 12.9. The molecule has 0 fully saturated rings. The predicted molar refractivity (Wildman–Crippen MR) is 57.4 cm³/mol. The Morgan fingerprint density at radius 2 is 1.93 bits per heavy atom. The van der Waals surface area contributed by atoms with Crippen LogP contribution in [0.5, 0.6) is 0 Å². The number of nitrogens with zero attached hydrogens (tertiary/aromatic N) is 2. The molecule has 0 aliphatic rings. The van der Waals surface area contributed by atoms with E-state index in [1.165, 1.54) is 24.5 Å². The predicted octanol–water partition coefficient (Wildman–Crippen LogP) is 3.59. The molecule has 5 heteroatoms. The summed E-state index contributed by atoms with van der Waals surface area (Å²) in [6, 6.07) is 4.33. The van der Waals surface area contributed by atoms with Crippen molar-refractivity contribution in [3.8, 4) is 11.3 Å². The molecule has 0 N–H and O–H groups in total. The van der Waals surface area contributed by atoms with Gasteiger partial charge in [0.05, 0.1) is 23.1 Å². The van der Waals surface area contributed by atoms with E-state index in [1.807, 2.05) is 0 Å². The third-order valence-electron chi connectivity index (χ3n) is 1.82. The molecule has 0 atom stereocenters. The van der Waals surface area contributed by atoms with Crippen LogP contribution >= 0.6 is 23.2 Å². The molecule has 0 bridgehead atoms. The maximum absolute atomic E-state index is 12.9. The third kappa shape index (κ3) is 2.25. The fraction of sp³-hybridized carbons (Fsp3) is 0. The lowest BCUT2D eigenvalue weighted by atomic mass is 10.1. The average molecular weight is 243 g/mol. The molecular formula is C10H5Cl2FN2. The highest BCUT2D eigenvalue weighted by Gasteiger charge is 2.04. The van der Waals surface area contributed by atoms with Gasteiger partial charge in [-0.15, -0.1) is 0 Å². The first kappa shape index (κ1) is 10.3. The minimum absolute atomic E-state index is 0.0503. The molecule has 1 heterocycles. The third-order valence-corrected chi connectivity index (χ3v) is 2.29. The van der Waals surface area contributed by atoms with Crippen LogP contribution in [-0.2, 0) is 0 Å². The highest BCUT2D eigenvalue weighted by Crippen LogP contribution is 2.23. The number of aromatic nitrogens is 2. The summed E-state index contributed by atoms with van der Waals surface area (Å²) >= 11 is 11.3. The number of halogens is 3. The molecule has 15 heavy (non-hydrogen) atoms. The summed E-state index contributed by atoms with van der Waals surface area (Å²) in [7, 11) is 0. The Kier molecular flexibility index (Phi) is 2.84. The van der Waals surface area contributed by atoms with Gasteiger partial charge < -0.3 is 0 Å². The maximum Gasteiger partial charge on any atom is 0.148 e. The number of benzene rings is 1. The quantitative estimate of drug-likeness (QED) is 0.764. The van der Waals surface area contributed by atoms with Gasteiger partial charge in [0, 0.05) is 5.56 Å². The van der Waals surface area contributed by atoms with Crippen molar-refractivity contribution in [2.24, 2.45) is 0 Å². The summed E-state index contributed by atoms with van der Waals surface area (Å²) in [6.45, 7) is 0. The van der Waals surface area contributed by atoms with Gasteiger partial charge in [0.15, 0.2) is 0 Å². The van der Waals surface area contributed by atoms with E-state index in [9.17, 15) is 4.39 Å². The van der Waals surface area contributed by atoms with Crippen molar-refractivity contribution < 1.29 is 4.39 Å². The van der Waals surface area contributed by atoms with Gasteiger partial charge in [-0.1, -0.05) is 23.2 Å². The highest BCUT2D eigenvalue weighted by atomic mass is 35.5. The van der Waals surface area contributed by atoms with Crippen LogP contribution in [0.25, 0.3) is 11.3 Å². The van der Waals surface area contributed by atoms with Gasteiger partial charge in [-0.3, -0.25) is 4.98 Å². The number of hydrogen-bond acceptors (Lipinski definition) is 2. The second-order valence-corrected chi connectivity index (χ2v) is 3.65. The standard InChI is InChI=1S/C10H5Cl2FN2/c11-7-3-6(1-2-8(7)13)9-4-14-5-10(12)15-9/h1-5H. The van der Waals surface area contributed by atoms with Gasteiger partial charge in [-0.25, -0.2) is 9.37 Å². The second kappa shape index (κ2) is 4.13. The van der Waals surface area contributed by atoms with Crippen molar-refractivity contribution in [3.63, 3.8) is 0 Å². The fourth-order valence-electron chi connectivity index (χ4n) is 1.14. The van der Waals surface area contributed by atoms with Gasteiger partial charge in [-0.05, 0) is 18.2 Å². The molecule has 0 amide bonds. The monoisotopic (exact) mass is 242 g/mol. The second-order valence-electron chi connectivity index (χ2n) is 2.86. The van der Waals surface area contributed by atoms with E-state index in [-0.39, 0.29) is 10.2 Å². The zero-order valence-electron chi connectivity index (χ0n) is 7.42. The largest absolute Gasteiger partial charge is 0.259 e. The Morgan fingerprint density at radius 1 is 1.13 bits per heavy atom. The first-order valence-electron chi connectivity index (χ1n) is 4.10. The van der Waals surface area contributed by atoms with Gasteiger partial charge in [-0.2, -0.15) is 0 Å². The lowest BCUT2D eigenvalue weighted by Gasteiger charge is -2.01. The summed E-state index contributed by atoms with van der Waals surface area (Å²) in [5.41, 5.74) is 1.24. The van der Waals surface area contributed by atoms with Crippen LogP contribution in [0.4, 0.5) is 4.39 Å². The van der Waals surface area contributed by atoms with Crippen LogP contribution in [0.3, 0.4) is 0 Å². The summed E-state index contributed by atoms with van der Waals surface area (Å²) in [4.78, 5) is 7.92. The molecule has 2 nitrogen and oxygen atoms in total. The van der Waals surface area contributed by atoms with Crippen molar-refractivity contribution in [3.05, 3.63) is 46.6 Å². The van der Waals surface area contributed by atoms with E-state index in [1.54, 1.807) is 6.07 Å². The minimum Gasteiger partial charge on any atom is -0.259 e. The van der Waals surface area contributed by atoms with Gasteiger partial charge in [0.25, 0.3) is 0 Å². The molecular weight excluding hydrogens is 238 g/mol. The molecule has 0 spiro atoms. The smallest absolute Gasteiger partial charge is 0.148 e. The van der Waals surface area contributed by atoms with E-state index in [4.69, 9.17) is 23.2 Å². The fourth-order valence-corrected chi connectivity index (χ4v) is 1.46. The molecule has 0 aliphatic heterocycles. The van der Waals surface area contributed by atoms with Crippen LogP contribution < -0.4 is 0 Å². The molecule has 1 aromatic heterocycles. The molecule has 0 radical (unpaired) electrons. The van der Waals surface area contributed by atoms with Gasteiger partial charge in [0.2, 0.25) is 0 Å². The summed E-state index contributed by atoms with van der Waals surface area (Å²) in [5.74, 6) is -0.463. The topological polar surface area (TPSA) is 25.8 Å². The first-order chi connectivity index (χ1) is 7.16. The normalized spacial score (nSPS) is 10.3. The summed E-state index contributed by atoms with van der Waals surface area (Å²) in [6.07, 6.45) is 2.96. The Hall–Kier alpha value is -1.19. The lowest BCUT2D eigenvalue weighted by molar-refractivity contribution is 0.628. The number of rotatable bonds is 1. The summed E-state index contributed by atoms with van der Waals surface area (Å²) in [5, 5.41) is 0.335. The molecule has 76 valence electrons. The average Bonchev–Trinajstić information content (AvgIpc) is 2.22. The molecule has 0 saturated carbocycles. The highest BCUT2D eigenvalue weighted by molar-refractivity contribution is 6.31. The van der Waals surface area contributed by atoms with Crippen molar-refractivity contribution in [1.29, 1.82) is 0 Å². The Morgan fingerprint density at radius 3 is 2.60 bits per heavy atom. The van der Waals surface area contributed by atoms with Crippen LogP contribution in [0.2, 0.25) is 10.2 Å². The van der Waals surface area contributed by atoms with E-state index < -0.39 is 5.82 Å². The Balaban J connectivity index is 2.50. The van der Waals surface area contributed by atoms with Crippen LogP contribution in [0.1, 0.15) is 0 Å². The van der Waals surface area contributed by atoms with E-state index in [0.29, 0.717) is 11.3 Å². The first-order valence-corrected chi connectivity index (χ1v) is 4.85. The minimum atomic E-state index is -0.463. The zero-order chi connectivity index (χ0) is 10.8. The molecule has 2 rings (SSSR count). The van der Waals surface area contributed by atoms with Crippen molar-refractivity contribution in [1.82, 2.24) is 9.97 Å². The van der Waals surface area contributed by atoms with Crippen molar-refractivity contribution >= 4 is 23.2 Å². The Bertz CT molecular complexity index is 503. The van der Waals surface area contributed by atoms with Crippen molar-refractivity contribution in [2.75, 3.05) is 0 Å². The van der Waals surface area contributed by atoms with Crippen LogP contribution in [0.15, 0.2) is 30.6 Å². The van der Waals surface area contributed by atoms with Crippen LogP contribution in [0, 0.1) is 5.82 Å². The lowest BCUT2D eigenvalue weighted by Crippen LogP contribution is -1.87. The van der Waals surface area contributed by atoms with Gasteiger partial charge in [0.1, 0.15) is 11.0 Å². The Labute approximate surface area is 95.7 Å².